The number of anilines is 1. The van der Waals surface area contributed by atoms with E-state index in [-0.39, 0.29) is 35.4 Å². The molecule has 0 unspecified atom stereocenters. The van der Waals surface area contributed by atoms with Crippen molar-refractivity contribution in [1.29, 1.82) is 0 Å². The van der Waals surface area contributed by atoms with Crippen LogP contribution in [0.4, 0.5) is 10.1 Å². The van der Waals surface area contributed by atoms with E-state index < -0.39 is 34.3 Å². The smallest absolute Gasteiger partial charge is 0.264 e. The van der Waals surface area contributed by atoms with Gasteiger partial charge in [-0.15, -0.1) is 0 Å². The Balaban J connectivity index is 1.79. The van der Waals surface area contributed by atoms with Gasteiger partial charge in [-0.05, 0) is 77.7 Å². The molecule has 1 N–H and O–H groups in total. The van der Waals surface area contributed by atoms with E-state index in [9.17, 15) is 22.4 Å². The van der Waals surface area contributed by atoms with Crippen molar-refractivity contribution in [2.75, 3.05) is 24.5 Å². The first-order valence-corrected chi connectivity index (χ1v) is 17.0. The van der Waals surface area contributed by atoms with E-state index in [2.05, 4.69) is 21.2 Å². The summed E-state index contributed by atoms with van der Waals surface area (Å²) in [7, 11) is -2.86. The molecule has 0 bridgehead atoms. The Kier molecular flexibility index (Phi) is 11.9. The van der Waals surface area contributed by atoms with Crippen molar-refractivity contribution in [2.24, 2.45) is 5.92 Å². The van der Waals surface area contributed by atoms with Crippen LogP contribution in [0.1, 0.15) is 25.0 Å². The molecule has 0 saturated carbocycles. The summed E-state index contributed by atoms with van der Waals surface area (Å²) in [4.78, 5) is 29.6. The summed E-state index contributed by atoms with van der Waals surface area (Å²) in [6, 6.07) is 26.4. The minimum Gasteiger partial charge on any atom is -0.497 e. The predicted octanol–water partition coefficient (Wildman–Crippen LogP) is 6.20. The van der Waals surface area contributed by atoms with Gasteiger partial charge >= 0.3 is 0 Å². The van der Waals surface area contributed by atoms with E-state index >= 15 is 0 Å². The highest BCUT2D eigenvalue weighted by atomic mass is 79.9. The highest BCUT2D eigenvalue weighted by Gasteiger charge is 2.34. The fourth-order valence-electron chi connectivity index (χ4n) is 4.82. The highest BCUT2D eigenvalue weighted by molar-refractivity contribution is 9.10. The number of halogens is 2. The van der Waals surface area contributed by atoms with Crippen molar-refractivity contribution in [1.82, 2.24) is 10.2 Å². The lowest BCUT2D eigenvalue weighted by molar-refractivity contribution is -0.140. The largest absolute Gasteiger partial charge is 0.497 e. The van der Waals surface area contributed by atoms with Gasteiger partial charge in [-0.25, -0.2) is 12.8 Å². The number of amides is 2. The standard InChI is InChI=1S/C35H37BrFN3O5S/c1-25(2)22-38-35(42)33(21-26-8-5-4-6-9-26)39(23-27-10-7-11-28(36)20-27)34(41)24-40(30-14-12-29(37)13-15-30)46(43,44)32-18-16-31(45-3)17-19-32/h4-20,25,33H,21-24H2,1-3H3,(H,38,42)/t33-/m0/s1. The zero-order chi connectivity index (χ0) is 33.3. The lowest BCUT2D eigenvalue weighted by Gasteiger charge is -2.34. The maximum Gasteiger partial charge on any atom is 0.264 e. The number of rotatable bonds is 14. The van der Waals surface area contributed by atoms with E-state index in [1.807, 2.05) is 68.4 Å². The molecule has 11 heteroatoms. The summed E-state index contributed by atoms with van der Waals surface area (Å²) in [5.74, 6) is -0.897. The number of benzene rings is 4. The maximum atomic E-state index is 14.5. The Labute approximate surface area is 278 Å². The van der Waals surface area contributed by atoms with Crippen LogP contribution < -0.4 is 14.4 Å². The third-order valence-electron chi connectivity index (χ3n) is 7.24. The number of ether oxygens (including phenoxy) is 1. The van der Waals surface area contributed by atoms with E-state index in [4.69, 9.17) is 4.74 Å². The molecule has 4 aromatic rings. The van der Waals surface area contributed by atoms with Crippen molar-refractivity contribution in [3.8, 4) is 5.75 Å². The van der Waals surface area contributed by atoms with Gasteiger partial charge in [0.15, 0.2) is 0 Å². The number of nitrogens with zero attached hydrogens (tertiary/aromatic N) is 2. The number of hydrogen-bond donors (Lipinski definition) is 1. The molecule has 0 heterocycles. The van der Waals surface area contributed by atoms with Crippen LogP contribution in [0, 0.1) is 11.7 Å². The van der Waals surface area contributed by atoms with Crippen LogP contribution >= 0.6 is 15.9 Å². The number of sulfonamides is 1. The normalized spacial score (nSPS) is 12.0. The van der Waals surface area contributed by atoms with Crippen LogP contribution in [-0.4, -0.2) is 51.4 Å². The second-order valence-electron chi connectivity index (χ2n) is 11.2. The molecular formula is C35H37BrFN3O5S. The van der Waals surface area contributed by atoms with Crippen LogP contribution in [0.25, 0.3) is 0 Å². The SMILES string of the molecule is COc1ccc(S(=O)(=O)N(CC(=O)N(Cc2cccc(Br)c2)[C@@H](Cc2ccccc2)C(=O)NCC(C)C)c2ccc(F)cc2)cc1. The number of nitrogens with one attached hydrogen (secondary N) is 1. The predicted molar refractivity (Wildman–Crippen MR) is 180 cm³/mol. The van der Waals surface area contributed by atoms with Crippen LogP contribution in [-0.2, 0) is 32.6 Å². The van der Waals surface area contributed by atoms with Crippen molar-refractivity contribution in [2.45, 2.75) is 37.8 Å². The third kappa shape index (κ3) is 9.17. The average Bonchev–Trinajstić information content (AvgIpc) is 3.05. The van der Waals surface area contributed by atoms with Crippen LogP contribution in [0.3, 0.4) is 0 Å². The molecule has 0 radical (unpaired) electrons. The molecule has 8 nitrogen and oxygen atoms in total. The first-order chi connectivity index (χ1) is 22.0. The van der Waals surface area contributed by atoms with E-state index in [0.717, 1.165) is 32.0 Å². The van der Waals surface area contributed by atoms with Crippen molar-refractivity contribution in [3.05, 3.63) is 125 Å². The molecule has 0 aliphatic heterocycles. The molecule has 0 spiro atoms. The monoisotopic (exact) mass is 709 g/mol. The molecular weight excluding hydrogens is 673 g/mol. The summed E-state index contributed by atoms with van der Waals surface area (Å²) in [5, 5.41) is 2.97. The van der Waals surface area contributed by atoms with Gasteiger partial charge in [0.2, 0.25) is 11.8 Å². The van der Waals surface area contributed by atoms with Crippen LogP contribution in [0.15, 0.2) is 112 Å². The molecule has 2 amide bonds. The van der Waals surface area contributed by atoms with Crippen molar-refractivity contribution >= 4 is 43.5 Å². The second kappa shape index (κ2) is 15.9. The Bertz CT molecular complexity index is 1720. The van der Waals surface area contributed by atoms with Gasteiger partial charge in [0.05, 0.1) is 17.7 Å². The molecule has 0 aliphatic carbocycles. The molecule has 0 aliphatic rings. The molecule has 0 saturated heterocycles. The van der Waals surface area contributed by atoms with E-state index in [0.29, 0.717) is 12.3 Å². The maximum absolute atomic E-state index is 14.5. The first kappa shape index (κ1) is 34.6. The highest BCUT2D eigenvalue weighted by Crippen LogP contribution is 2.27. The van der Waals surface area contributed by atoms with Gasteiger partial charge in [0.1, 0.15) is 24.2 Å². The third-order valence-corrected chi connectivity index (χ3v) is 9.52. The van der Waals surface area contributed by atoms with Crippen molar-refractivity contribution < 1.29 is 27.1 Å². The first-order valence-electron chi connectivity index (χ1n) is 14.8. The van der Waals surface area contributed by atoms with Gasteiger partial charge in [-0.1, -0.05) is 72.2 Å². The van der Waals surface area contributed by atoms with Crippen LogP contribution in [0.5, 0.6) is 5.75 Å². The topological polar surface area (TPSA) is 96.0 Å². The van der Waals surface area contributed by atoms with E-state index in [1.54, 1.807) is 0 Å². The Morgan fingerprint density at radius 3 is 2.15 bits per heavy atom. The summed E-state index contributed by atoms with van der Waals surface area (Å²) < 4.78 is 49.0. The molecule has 4 aromatic carbocycles. The van der Waals surface area contributed by atoms with Crippen LogP contribution in [0.2, 0.25) is 0 Å². The van der Waals surface area contributed by atoms with Gasteiger partial charge in [-0.3, -0.25) is 13.9 Å². The second-order valence-corrected chi connectivity index (χ2v) is 13.9. The lowest BCUT2D eigenvalue weighted by atomic mass is 10.0. The minimum absolute atomic E-state index is 0.0325. The number of hydrogen-bond acceptors (Lipinski definition) is 5. The number of carbonyl (C=O) groups is 2. The minimum atomic E-state index is -4.33. The fraction of sp³-hybridized carbons (Fsp3) is 0.257. The molecule has 242 valence electrons. The zero-order valence-electron chi connectivity index (χ0n) is 25.9. The Hall–Kier alpha value is -4.22. The molecule has 0 aromatic heterocycles. The average molecular weight is 711 g/mol. The zero-order valence-corrected chi connectivity index (χ0v) is 28.3. The Morgan fingerprint density at radius 1 is 0.891 bits per heavy atom. The Morgan fingerprint density at radius 2 is 1.54 bits per heavy atom. The molecule has 46 heavy (non-hydrogen) atoms. The molecule has 0 fully saturated rings. The van der Waals surface area contributed by atoms with Gasteiger partial charge in [-0.2, -0.15) is 0 Å². The molecule has 1 atom stereocenters. The number of carbonyl (C=O) groups excluding carboxylic acids is 2. The lowest BCUT2D eigenvalue weighted by Crippen LogP contribution is -2.53. The fourth-order valence-corrected chi connectivity index (χ4v) is 6.68. The van der Waals surface area contributed by atoms with Gasteiger partial charge in [0.25, 0.3) is 10.0 Å². The quantitative estimate of drug-likeness (QED) is 0.168. The summed E-state index contributed by atoms with van der Waals surface area (Å²) in [5.41, 5.74) is 1.67. The van der Waals surface area contributed by atoms with Gasteiger partial charge < -0.3 is 15.0 Å². The number of methoxy groups -OCH3 is 1. The van der Waals surface area contributed by atoms with Crippen molar-refractivity contribution in [3.63, 3.8) is 0 Å². The van der Waals surface area contributed by atoms with Gasteiger partial charge in [0, 0.05) is 24.0 Å². The summed E-state index contributed by atoms with van der Waals surface area (Å²) >= 11 is 3.48. The van der Waals surface area contributed by atoms with E-state index in [1.165, 1.54) is 48.4 Å². The molecule has 4 rings (SSSR count). The summed E-state index contributed by atoms with van der Waals surface area (Å²) in [6.45, 7) is 3.74. The summed E-state index contributed by atoms with van der Waals surface area (Å²) in [6.07, 6.45) is 0.201.